The monoisotopic (exact) mass is 583 g/mol. The van der Waals surface area contributed by atoms with Gasteiger partial charge in [-0.05, 0) is 55.4 Å². The summed E-state index contributed by atoms with van der Waals surface area (Å²) >= 11 is 0. The smallest absolute Gasteiger partial charge is 0.261 e. The zero-order valence-corrected chi connectivity index (χ0v) is 23.0. The first-order valence-electron chi connectivity index (χ1n) is 13.7. The topological polar surface area (TPSA) is 165 Å². The molecule has 0 aromatic heterocycles. The third-order valence-corrected chi connectivity index (χ3v) is 9.24. The average Bonchev–Trinajstić information content (AvgIpc) is 3.24. The first kappa shape index (κ1) is 28.3. The SMILES string of the molecule is CN(C)[C@@H]1C(=O)C(C(N)=O)=C(O)[C@@]2(O)C(=O)C3=C(O)c4c(cc5ccc(CN6CCC(F)(F)C6)cc5c4O)C[C@H]3C[C@@H]12. The van der Waals surface area contributed by atoms with Crippen molar-refractivity contribution in [1.82, 2.24) is 9.80 Å². The largest absolute Gasteiger partial charge is 0.508 e. The number of nitrogens with two attached hydrogens (primary N) is 1. The number of phenolic OH excluding ortho intramolecular Hbond substituents is 1. The molecule has 12 heteroatoms. The Labute approximate surface area is 239 Å². The van der Waals surface area contributed by atoms with Crippen molar-refractivity contribution < 1.29 is 43.6 Å². The molecule has 0 spiro atoms. The van der Waals surface area contributed by atoms with Crippen molar-refractivity contribution in [2.75, 3.05) is 27.2 Å². The number of carbonyl (C=O) groups is 3. The van der Waals surface area contributed by atoms with E-state index >= 15 is 0 Å². The Morgan fingerprint density at radius 1 is 1.17 bits per heavy atom. The number of primary amides is 1. The highest BCUT2D eigenvalue weighted by molar-refractivity contribution is 6.24. The number of ketones is 2. The van der Waals surface area contributed by atoms with E-state index in [1.807, 2.05) is 0 Å². The Balaban J connectivity index is 1.46. The maximum Gasteiger partial charge on any atom is 0.261 e. The quantitative estimate of drug-likeness (QED) is 0.339. The average molecular weight is 584 g/mol. The summed E-state index contributed by atoms with van der Waals surface area (Å²) in [6.07, 6.45) is -0.0368. The summed E-state index contributed by atoms with van der Waals surface area (Å²) in [5.41, 5.74) is 2.76. The van der Waals surface area contributed by atoms with E-state index in [1.54, 1.807) is 43.3 Å². The number of hydrogen-bond donors (Lipinski definition) is 5. The first-order chi connectivity index (χ1) is 19.7. The number of benzene rings is 2. The van der Waals surface area contributed by atoms with E-state index in [1.165, 1.54) is 4.90 Å². The van der Waals surface area contributed by atoms with Gasteiger partial charge < -0.3 is 26.2 Å². The van der Waals surface area contributed by atoms with Crippen molar-refractivity contribution in [3.05, 3.63) is 57.9 Å². The number of rotatable bonds is 4. The summed E-state index contributed by atoms with van der Waals surface area (Å²) in [6.45, 7) is 0.116. The fraction of sp³-hybridized carbons (Fsp3) is 0.433. The fourth-order valence-electron chi connectivity index (χ4n) is 7.36. The van der Waals surface area contributed by atoms with Gasteiger partial charge in [0.05, 0.1) is 18.2 Å². The van der Waals surface area contributed by atoms with E-state index in [4.69, 9.17) is 5.73 Å². The Hall–Kier alpha value is -3.87. The second-order valence-corrected chi connectivity index (χ2v) is 12.1. The molecule has 1 saturated heterocycles. The number of amides is 1. The predicted molar refractivity (Wildman–Crippen MR) is 147 cm³/mol. The summed E-state index contributed by atoms with van der Waals surface area (Å²) in [4.78, 5) is 42.4. The molecule has 2 aromatic carbocycles. The number of Topliss-reactive ketones (excluding diaryl/α,β-unsaturated/α-hetero) is 2. The maximum absolute atomic E-state index is 14.0. The van der Waals surface area contributed by atoms with Crippen molar-refractivity contribution in [2.45, 2.75) is 43.4 Å². The van der Waals surface area contributed by atoms with Gasteiger partial charge in [-0.3, -0.25) is 24.2 Å². The molecule has 3 aliphatic carbocycles. The highest BCUT2D eigenvalue weighted by atomic mass is 19.3. The lowest BCUT2D eigenvalue weighted by Gasteiger charge is -2.50. The Kier molecular flexibility index (Phi) is 6.27. The number of halogens is 2. The molecule has 4 aliphatic rings. The maximum atomic E-state index is 14.0. The van der Waals surface area contributed by atoms with E-state index in [2.05, 4.69) is 0 Å². The van der Waals surface area contributed by atoms with Gasteiger partial charge in [0.25, 0.3) is 11.8 Å². The Bertz CT molecular complexity index is 1650. The van der Waals surface area contributed by atoms with Crippen LogP contribution < -0.4 is 5.73 Å². The molecular weight excluding hydrogens is 552 g/mol. The number of likely N-dealkylation sites (N-methyl/N-ethyl adjacent to an activating group) is 1. The summed E-state index contributed by atoms with van der Waals surface area (Å²) in [5, 5.41) is 46.5. The third kappa shape index (κ3) is 3.96. The number of hydrogen-bond acceptors (Lipinski definition) is 9. The van der Waals surface area contributed by atoms with Crippen LogP contribution in [0.4, 0.5) is 8.78 Å². The number of alkyl halides is 2. The number of nitrogens with zero attached hydrogens (tertiary/aromatic N) is 2. The van der Waals surface area contributed by atoms with Crippen molar-refractivity contribution >= 4 is 34.0 Å². The molecule has 0 bridgehead atoms. The molecular formula is C30H31F2N3O7. The van der Waals surface area contributed by atoms with Crippen molar-refractivity contribution in [2.24, 2.45) is 17.6 Å². The normalized spacial score (nSPS) is 29.2. The highest BCUT2D eigenvalue weighted by Gasteiger charge is 2.64. The standard InChI is InChI=1S/C30H31F2N3O7/c1-34(2)22-18-10-16-9-15-8-14-4-3-13(11-35-6-5-29(31,32)12-35)7-17(14)23(36)19(15)24(37)20(16)26(39)30(18,42)27(40)21(25(22)38)28(33)41/h3-4,7-8,16,18,22,36-37,40,42H,5-6,9-12H2,1-2H3,(H2,33,41)/t16-,18-,22-,30-/m0/s1. The molecule has 42 heavy (non-hydrogen) atoms. The van der Waals surface area contributed by atoms with Gasteiger partial charge in [-0.2, -0.15) is 0 Å². The molecule has 4 atom stereocenters. The van der Waals surface area contributed by atoms with E-state index in [0.717, 1.165) is 0 Å². The molecule has 2 aromatic rings. The van der Waals surface area contributed by atoms with Crippen LogP contribution in [0, 0.1) is 11.8 Å². The molecule has 6 N–H and O–H groups in total. The number of carbonyl (C=O) groups excluding carboxylic acids is 3. The number of fused-ring (bicyclic) bond motifs is 4. The van der Waals surface area contributed by atoms with Crippen LogP contribution in [0.1, 0.15) is 29.5 Å². The summed E-state index contributed by atoms with van der Waals surface area (Å²) in [7, 11) is 3.09. The number of aromatic hydroxyl groups is 1. The highest BCUT2D eigenvalue weighted by Crippen LogP contribution is 2.53. The van der Waals surface area contributed by atoms with Gasteiger partial charge in [-0.25, -0.2) is 8.78 Å². The molecule has 1 heterocycles. The first-order valence-corrected chi connectivity index (χ1v) is 13.7. The molecule has 1 amide bonds. The molecule has 0 radical (unpaired) electrons. The minimum Gasteiger partial charge on any atom is -0.508 e. The van der Waals surface area contributed by atoms with Crippen molar-refractivity contribution in [3.8, 4) is 5.75 Å². The predicted octanol–water partition coefficient (Wildman–Crippen LogP) is 1.96. The van der Waals surface area contributed by atoms with Crippen LogP contribution in [0.5, 0.6) is 5.75 Å². The Morgan fingerprint density at radius 2 is 1.88 bits per heavy atom. The van der Waals surface area contributed by atoms with Crippen LogP contribution in [-0.2, 0) is 27.3 Å². The van der Waals surface area contributed by atoms with E-state index in [0.29, 0.717) is 21.9 Å². The van der Waals surface area contributed by atoms with Gasteiger partial charge in [-0.1, -0.05) is 18.2 Å². The molecule has 222 valence electrons. The third-order valence-electron chi connectivity index (χ3n) is 9.24. The van der Waals surface area contributed by atoms with Gasteiger partial charge in [-0.15, -0.1) is 0 Å². The molecule has 10 nitrogen and oxygen atoms in total. The second-order valence-electron chi connectivity index (χ2n) is 12.1. The minimum atomic E-state index is -2.75. The van der Waals surface area contributed by atoms with Crippen molar-refractivity contribution in [1.29, 1.82) is 0 Å². The number of aliphatic hydroxyl groups excluding tert-OH is 2. The van der Waals surface area contributed by atoms with Crippen LogP contribution >= 0.6 is 0 Å². The molecule has 1 saturated carbocycles. The van der Waals surface area contributed by atoms with Crippen LogP contribution in [0.15, 0.2) is 41.2 Å². The summed E-state index contributed by atoms with van der Waals surface area (Å²) in [6, 6.07) is 5.82. The molecule has 0 unspecified atom stereocenters. The van der Waals surface area contributed by atoms with E-state index in [9.17, 15) is 43.6 Å². The zero-order valence-electron chi connectivity index (χ0n) is 23.0. The van der Waals surface area contributed by atoms with Crippen LogP contribution in [0.3, 0.4) is 0 Å². The molecule has 2 fully saturated rings. The van der Waals surface area contributed by atoms with Crippen LogP contribution in [0.2, 0.25) is 0 Å². The van der Waals surface area contributed by atoms with Gasteiger partial charge in [0, 0.05) is 36.4 Å². The van der Waals surface area contributed by atoms with Gasteiger partial charge in [0.15, 0.2) is 11.4 Å². The number of phenols is 1. The second kappa shape index (κ2) is 9.32. The van der Waals surface area contributed by atoms with Gasteiger partial charge >= 0.3 is 0 Å². The van der Waals surface area contributed by atoms with Crippen LogP contribution in [-0.4, -0.2) is 92.4 Å². The zero-order chi connectivity index (χ0) is 30.5. The lowest BCUT2D eigenvalue weighted by atomic mass is 9.57. The lowest BCUT2D eigenvalue weighted by molar-refractivity contribution is -0.153. The number of aliphatic hydroxyl groups is 3. The van der Waals surface area contributed by atoms with E-state index < -0.39 is 64.0 Å². The molecule has 1 aliphatic heterocycles. The minimum absolute atomic E-state index is 0.00394. The summed E-state index contributed by atoms with van der Waals surface area (Å²) < 4.78 is 27.4. The summed E-state index contributed by atoms with van der Waals surface area (Å²) in [5.74, 6) is -9.77. The van der Waals surface area contributed by atoms with E-state index in [-0.39, 0.29) is 55.8 Å². The van der Waals surface area contributed by atoms with Gasteiger partial charge in [0.2, 0.25) is 5.78 Å². The Morgan fingerprint density at radius 3 is 2.50 bits per heavy atom. The number of likely N-dealkylation sites (tertiary alicyclic amines) is 1. The fourth-order valence-corrected chi connectivity index (χ4v) is 7.36. The van der Waals surface area contributed by atoms with Crippen molar-refractivity contribution in [3.63, 3.8) is 0 Å². The lowest BCUT2D eigenvalue weighted by Crippen LogP contribution is -2.65. The molecule has 6 rings (SSSR count). The van der Waals surface area contributed by atoms with Gasteiger partial charge in [0.1, 0.15) is 22.8 Å². The van der Waals surface area contributed by atoms with Crippen LogP contribution in [0.25, 0.3) is 16.5 Å².